The fourth-order valence-corrected chi connectivity index (χ4v) is 0.930. The van der Waals surface area contributed by atoms with E-state index >= 15 is 0 Å². The summed E-state index contributed by atoms with van der Waals surface area (Å²) < 4.78 is 1.59. The van der Waals surface area contributed by atoms with Crippen LogP contribution < -0.4 is 0 Å². The third-order valence-electron chi connectivity index (χ3n) is 1.49. The Hall–Kier alpha value is -1.45. The maximum Gasteiger partial charge on any atom is 0.204 e. The van der Waals surface area contributed by atoms with Gasteiger partial charge in [0.2, 0.25) is 5.78 Å². The normalized spacial score (nSPS) is 9.75. The summed E-state index contributed by atoms with van der Waals surface area (Å²) >= 11 is 0. The van der Waals surface area contributed by atoms with Crippen molar-refractivity contribution in [3.8, 4) is 0 Å². The van der Waals surface area contributed by atoms with Gasteiger partial charge in [-0.05, 0) is 12.5 Å². The summed E-state index contributed by atoms with van der Waals surface area (Å²) in [6.45, 7) is 6.13. The van der Waals surface area contributed by atoms with Gasteiger partial charge in [-0.25, -0.2) is 4.68 Å². The van der Waals surface area contributed by atoms with Gasteiger partial charge < -0.3 is 0 Å². The summed E-state index contributed by atoms with van der Waals surface area (Å²) in [5, 5.41) is 7.43. The summed E-state index contributed by atoms with van der Waals surface area (Å²) in [5.41, 5.74) is 0.506. The van der Waals surface area contributed by atoms with Crippen molar-refractivity contribution < 1.29 is 4.79 Å². The van der Waals surface area contributed by atoms with Gasteiger partial charge in [-0.15, -0.1) is 5.10 Å². The number of aryl methyl sites for hydroxylation is 1. The van der Waals surface area contributed by atoms with Gasteiger partial charge in [0.15, 0.2) is 0 Å². The molecule has 1 aromatic rings. The average Bonchev–Trinajstić information content (AvgIpc) is 2.52. The zero-order valence-electron chi connectivity index (χ0n) is 7.03. The smallest absolute Gasteiger partial charge is 0.204 e. The van der Waals surface area contributed by atoms with Crippen molar-refractivity contribution in [3.05, 3.63) is 24.5 Å². The Morgan fingerprint density at radius 1 is 1.83 bits per heavy atom. The molecule has 0 bridgehead atoms. The average molecular weight is 165 g/mol. The predicted molar refractivity (Wildman–Crippen MR) is 44.8 cm³/mol. The van der Waals surface area contributed by atoms with Crippen LogP contribution >= 0.6 is 0 Å². The van der Waals surface area contributed by atoms with Gasteiger partial charge in [0.25, 0.3) is 0 Å². The first-order chi connectivity index (χ1) is 5.79. The Morgan fingerprint density at radius 2 is 2.58 bits per heavy atom. The van der Waals surface area contributed by atoms with Crippen molar-refractivity contribution in [1.82, 2.24) is 15.0 Å². The van der Waals surface area contributed by atoms with Gasteiger partial charge in [-0.2, -0.15) is 0 Å². The third kappa shape index (κ3) is 1.58. The van der Waals surface area contributed by atoms with Crippen molar-refractivity contribution in [2.75, 3.05) is 0 Å². The largest absolute Gasteiger partial charge is 0.288 e. The Bertz CT molecular complexity index is 290. The number of carbonyl (C=O) groups is 1. The topological polar surface area (TPSA) is 47.8 Å². The molecule has 0 aliphatic rings. The van der Waals surface area contributed by atoms with E-state index in [0.717, 1.165) is 13.0 Å². The second-order valence-electron chi connectivity index (χ2n) is 2.41. The fraction of sp³-hybridized carbons (Fsp3) is 0.375. The van der Waals surface area contributed by atoms with Crippen LogP contribution in [0, 0.1) is 0 Å². The van der Waals surface area contributed by atoms with E-state index in [1.807, 2.05) is 6.92 Å². The van der Waals surface area contributed by atoms with Crippen LogP contribution in [-0.2, 0) is 6.54 Å². The summed E-state index contributed by atoms with van der Waals surface area (Å²) in [6.07, 6.45) is 3.66. The van der Waals surface area contributed by atoms with Crippen molar-refractivity contribution in [2.45, 2.75) is 19.9 Å². The SMILES string of the molecule is C=CC(=O)c1cnnn1CCC. The highest BCUT2D eigenvalue weighted by Crippen LogP contribution is 1.99. The summed E-state index contributed by atoms with van der Waals surface area (Å²) in [4.78, 5) is 11.2. The summed E-state index contributed by atoms with van der Waals surface area (Å²) in [5.74, 6) is -0.131. The van der Waals surface area contributed by atoms with Crippen molar-refractivity contribution >= 4 is 5.78 Å². The molecule has 0 saturated carbocycles. The molecule has 1 rings (SSSR count). The Balaban J connectivity index is 2.90. The van der Waals surface area contributed by atoms with Gasteiger partial charge in [-0.3, -0.25) is 4.79 Å². The quantitative estimate of drug-likeness (QED) is 0.495. The fourth-order valence-electron chi connectivity index (χ4n) is 0.930. The Labute approximate surface area is 70.9 Å². The number of carbonyl (C=O) groups excluding carboxylic acids is 1. The molecule has 64 valence electrons. The van der Waals surface area contributed by atoms with Crippen LogP contribution in [0.4, 0.5) is 0 Å². The lowest BCUT2D eigenvalue weighted by Gasteiger charge is -1.99. The van der Waals surface area contributed by atoms with E-state index in [1.54, 1.807) is 4.68 Å². The molecule has 0 atom stereocenters. The van der Waals surface area contributed by atoms with Gasteiger partial charge in [0.1, 0.15) is 5.69 Å². The minimum absolute atomic E-state index is 0.131. The lowest BCUT2D eigenvalue weighted by Crippen LogP contribution is -2.08. The maximum absolute atomic E-state index is 11.2. The molecule has 0 N–H and O–H groups in total. The van der Waals surface area contributed by atoms with Crippen LogP contribution in [-0.4, -0.2) is 20.8 Å². The molecule has 0 aliphatic carbocycles. The summed E-state index contributed by atoms with van der Waals surface area (Å²) in [6, 6.07) is 0. The van der Waals surface area contributed by atoms with Gasteiger partial charge >= 0.3 is 0 Å². The summed E-state index contributed by atoms with van der Waals surface area (Å²) in [7, 11) is 0. The first-order valence-corrected chi connectivity index (χ1v) is 3.84. The lowest BCUT2D eigenvalue weighted by atomic mass is 10.3. The van der Waals surface area contributed by atoms with Gasteiger partial charge in [0.05, 0.1) is 6.20 Å². The predicted octanol–water partition coefficient (Wildman–Crippen LogP) is 1.06. The van der Waals surface area contributed by atoms with E-state index in [0.29, 0.717) is 5.69 Å². The van der Waals surface area contributed by atoms with E-state index in [-0.39, 0.29) is 5.78 Å². The molecule has 1 aromatic heterocycles. The number of allylic oxidation sites excluding steroid dienone is 1. The van der Waals surface area contributed by atoms with Crippen LogP contribution in [0.25, 0.3) is 0 Å². The highest BCUT2D eigenvalue weighted by atomic mass is 16.1. The van der Waals surface area contributed by atoms with Crippen LogP contribution in [0.1, 0.15) is 23.8 Å². The molecule has 0 spiro atoms. The third-order valence-corrected chi connectivity index (χ3v) is 1.49. The highest BCUT2D eigenvalue weighted by molar-refractivity contribution is 6.02. The number of aromatic nitrogens is 3. The molecular weight excluding hydrogens is 154 g/mol. The van der Waals surface area contributed by atoms with Crippen LogP contribution in [0.5, 0.6) is 0 Å². The zero-order valence-corrected chi connectivity index (χ0v) is 7.03. The maximum atomic E-state index is 11.2. The van der Waals surface area contributed by atoms with Crippen LogP contribution in [0.3, 0.4) is 0 Å². The highest BCUT2D eigenvalue weighted by Gasteiger charge is 2.08. The van der Waals surface area contributed by atoms with Crippen LogP contribution in [0.15, 0.2) is 18.9 Å². The van der Waals surface area contributed by atoms with E-state index in [2.05, 4.69) is 16.9 Å². The molecule has 0 unspecified atom stereocenters. The van der Waals surface area contributed by atoms with Crippen molar-refractivity contribution in [2.24, 2.45) is 0 Å². The molecule has 0 amide bonds. The first kappa shape index (κ1) is 8.64. The molecule has 4 heteroatoms. The Morgan fingerprint density at radius 3 is 3.17 bits per heavy atom. The molecule has 0 fully saturated rings. The van der Waals surface area contributed by atoms with Crippen LogP contribution in [0.2, 0.25) is 0 Å². The van der Waals surface area contributed by atoms with E-state index in [4.69, 9.17) is 0 Å². The second-order valence-corrected chi connectivity index (χ2v) is 2.41. The minimum Gasteiger partial charge on any atom is -0.288 e. The molecule has 0 aromatic carbocycles. The molecular formula is C8H11N3O. The molecule has 0 saturated heterocycles. The van der Waals surface area contributed by atoms with E-state index in [9.17, 15) is 4.79 Å². The van der Waals surface area contributed by atoms with Crippen molar-refractivity contribution in [3.63, 3.8) is 0 Å². The standard InChI is InChI=1S/C8H11N3O/c1-3-5-11-7(6-9-10-11)8(12)4-2/h4,6H,2-3,5H2,1H3. The minimum atomic E-state index is -0.131. The van der Waals surface area contributed by atoms with E-state index < -0.39 is 0 Å². The lowest BCUT2D eigenvalue weighted by molar-refractivity contribution is 0.103. The molecule has 0 radical (unpaired) electrons. The number of ketones is 1. The number of hydrogen-bond acceptors (Lipinski definition) is 3. The first-order valence-electron chi connectivity index (χ1n) is 3.84. The van der Waals surface area contributed by atoms with E-state index in [1.165, 1.54) is 12.3 Å². The monoisotopic (exact) mass is 165 g/mol. The molecule has 1 heterocycles. The van der Waals surface area contributed by atoms with Gasteiger partial charge in [-0.1, -0.05) is 18.7 Å². The molecule has 12 heavy (non-hydrogen) atoms. The van der Waals surface area contributed by atoms with Crippen molar-refractivity contribution in [1.29, 1.82) is 0 Å². The molecule has 0 aliphatic heterocycles. The number of hydrogen-bond donors (Lipinski definition) is 0. The Kier molecular flexibility index (Phi) is 2.74. The number of nitrogens with zero attached hydrogens (tertiary/aromatic N) is 3. The zero-order chi connectivity index (χ0) is 8.97. The van der Waals surface area contributed by atoms with Gasteiger partial charge in [0, 0.05) is 6.54 Å². The molecule has 4 nitrogen and oxygen atoms in total. The second kappa shape index (κ2) is 3.80. The number of rotatable bonds is 4.